The average molecular weight is 290 g/mol. The normalized spacial score (nSPS) is 11.7. The predicted molar refractivity (Wildman–Crippen MR) is 81.4 cm³/mol. The first-order chi connectivity index (χ1) is 9.47. The molecule has 0 spiro atoms. The number of sulfonamides is 1. The minimum atomic E-state index is -3.33. The van der Waals surface area contributed by atoms with Crippen LogP contribution in [0.2, 0.25) is 0 Å². The van der Waals surface area contributed by atoms with Crippen LogP contribution in [0.1, 0.15) is 11.1 Å². The Morgan fingerprint density at radius 3 is 2.30 bits per heavy atom. The number of nitrogens with zero attached hydrogens (tertiary/aromatic N) is 1. The summed E-state index contributed by atoms with van der Waals surface area (Å²) < 4.78 is 25.9. The van der Waals surface area contributed by atoms with Crippen molar-refractivity contribution in [1.82, 2.24) is 4.31 Å². The summed E-state index contributed by atoms with van der Waals surface area (Å²) in [5.41, 5.74) is 8.00. The maximum atomic E-state index is 12.3. The maximum absolute atomic E-state index is 12.3. The minimum Gasteiger partial charge on any atom is -0.399 e. The molecule has 5 heteroatoms. The molecule has 0 bridgehead atoms. The van der Waals surface area contributed by atoms with Crippen molar-refractivity contribution in [3.05, 3.63) is 65.7 Å². The van der Waals surface area contributed by atoms with Crippen molar-refractivity contribution in [3.8, 4) is 0 Å². The van der Waals surface area contributed by atoms with Gasteiger partial charge in [0.2, 0.25) is 10.0 Å². The largest absolute Gasteiger partial charge is 0.399 e. The summed E-state index contributed by atoms with van der Waals surface area (Å²) in [5, 5.41) is 0. The van der Waals surface area contributed by atoms with E-state index in [4.69, 9.17) is 5.73 Å². The van der Waals surface area contributed by atoms with E-state index in [-0.39, 0.29) is 5.75 Å². The van der Waals surface area contributed by atoms with Gasteiger partial charge in [-0.1, -0.05) is 42.5 Å². The number of hydrogen-bond donors (Lipinski definition) is 1. The van der Waals surface area contributed by atoms with Crippen molar-refractivity contribution < 1.29 is 8.42 Å². The Labute approximate surface area is 119 Å². The van der Waals surface area contributed by atoms with E-state index >= 15 is 0 Å². The summed E-state index contributed by atoms with van der Waals surface area (Å²) in [4.78, 5) is 0. The van der Waals surface area contributed by atoms with Gasteiger partial charge in [0.05, 0.1) is 5.75 Å². The molecule has 0 atom stereocenters. The molecule has 0 saturated heterocycles. The van der Waals surface area contributed by atoms with Crippen LogP contribution < -0.4 is 5.73 Å². The smallest absolute Gasteiger partial charge is 0.218 e. The van der Waals surface area contributed by atoms with E-state index in [0.717, 1.165) is 11.1 Å². The van der Waals surface area contributed by atoms with Gasteiger partial charge < -0.3 is 5.73 Å². The number of nitrogen functional groups attached to an aromatic ring is 1. The van der Waals surface area contributed by atoms with Gasteiger partial charge in [-0.2, -0.15) is 0 Å². The molecule has 2 rings (SSSR count). The molecule has 0 aliphatic heterocycles. The lowest BCUT2D eigenvalue weighted by atomic mass is 10.2. The van der Waals surface area contributed by atoms with Crippen LogP contribution >= 0.6 is 0 Å². The maximum Gasteiger partial charge on any atom is 0.218 e. The van der Waals surface area contributed by atoms with E-state index in [9.17, 15) is 8.42 Å². The fraction of sp³-hybridized carbons (Fsp3) is 0.200. The highest BCUT2D eigenvalue weighted by molar-refractivity contribution is 7.88. The van der Waals surface area contributed by atoms with Crippen molar-refractivity contribution >= 4 is 15.7 Å². The molecule has 0 aromatic heterocycles. The second kappa shape index (κ2) is 6.07. The lowest BCUT2D eigenvalue weighted by Crippen LogP contribution is -2.27. The highest BCUT2D eigenvalue weighted by Gasteiger charge is 2.18. The van der Waals surface area contributed by atoms with Crippen LogP contribution in [-0.4, -0.2) is 19.8 Å². The first-order valence-corrected chi connectivity index (χ1v) is 7.91. The summed E-state index contributed by atoms with van der Waals surface area (Å²) in [5.74, 6) is 0.00660. The second-order valence-electron chi connectivity index (χ2n) is 4.74. The Morgan fingerprint density at radius 2 is 1.65 bits per heavy atom. The predicted octanol–water partition coefficient (Wildman–Crippen LogP) is 2.23. The van der Waals surface area contributed by atoms with E-state index in [1.165, 1.54) is 4.31 Å². The van der Waals surface area contributed by atoms with Gasteiger partial charge in [-0.05, 0) is 23.3 Å². The topological polar surface area (TPSA) is 63.4 Å². The van der Waals surface area contributed by atoms with E-state index in [1.54, 1.807) is 19.2 Å². The number of benzene rings is 2. The third-order valence-electron chi connectivity index (χ3n) is 3.02. The van der Waals surface area contributed by atoms with Crippen molar-refractivity contribution in [2.45, 2.75) is 12.3 Å². The second-order valence-corrected chi connectivity index (χ2v) is 6.82. The highest BCUT2D eigenvalue weighted by atomic mass is 32.2. The first kappa shape index (κ1) is 14.6. The van der Waals surface area contributed by atoms with Crippen LogP contribution in [0.25, 0.3) is 0 Å². The summed E-state index contributed by atoms with van der Waals surface area (Å²) in [6, 6.07) is 16.4. The van der Waals surface area contributed by atoms with Crippen LogP contribution in [0, 0.1) is 0 Å². The number of nitrogens with two attached hydrogens (primary N) is 1. The van der Waals surface area contributed by atoms with E-state index < -0.39 is 10.0 Å². The molecule has 4 nitrogen and oxygen atoms in total. The molecule has 0 amide bonds. The van der Waals surface area contributed by atoms with Gasteiger partial charge >= 0.3 is 0 Å². The molecule has 106 valence electrons. The van der Waals surface area contributed by atoms with Crippen LogP contribution in [0.3, 0.4) is 0 Å². The van der Waals surface area contributed by atoms with Crippen LogP contribution in [-0.2, 0) is 22.3 Å². The molecule has 0 aliphatic carbocycles. The third kappa shape index (κ3) is 3.82. The molecule has 20 heavy (non-hydrogen) atoms. The van der Waals surface area contributed by atoms with Crippen molar-refractivity contribution in [1.29, 1.82) is 0 Å². The zero-order valence-corrected chi connectivity index (χ0v) is 12.2. The average Bonchev–Trinajstić information content (AvgIpc) is 2.39. The summed E-state index contributed by atoms with van der Waals surface area (Å²) in [6.45, 7) is 0.320. The van der Waals surface area contributed by atoms with E-state index in [0.29, 0.717) is 12.2 Å². The van der Waals surface area contributed by atoms with E-state index in [1.807, 2.05) is 42.5 Å². The zero-order valence-electron chi connectivity index (χ0n) is 11.4. The Hall–Kier alpha value is -1.85. The van der Waals surface area contributed by atoms with Gasteiger partial charge in [0.15, 0.2) is 0 Å². The minimum absolute atomic E-state index is 0.00660. The van der Waals surface area contributed by atoms with E-state index in [2.05, 4.69) is 0 Å². The Kier molecular flexibility index (Phi) is 4.42. The Balaban J connectivity index is 2.09. The molecule has 0 radical (unpaired) electrons. The molecule has 0 fully saturated rings. The third-order valence-corrected chi connectivity index (χ3v) is 4.80. The van der Waals surface area contributed by atoms with Crippen molar-refractivity contribution in [2.24, 2.45) is 0 Å². The molecular weight excluding hydrogens is 272 g/mol. The van der Waals surface area contributed by atoms with Gasteiger partial charge in [0.25, 0.3) is 0 Å². The Bertz CT molecular complexity index is 669. The summed E-state index contributed by atoms with van der Waals surface area (Å²) >= 11 is 0. The van der Waals surface area contributed by atoms with Gasteiger partial charge in [-0.15, -0.1) is 0 Å². The number of hydrogen-bond acceptors (Lipinski definition) is 3. The summed E-state index contributed by atoms with van der Waals surface area (Å²) in [7, 11) is -1.75. The molecule has 0 saturated carbocycles. The van der Waals surface area contributed by atoms with Crippen molar-refractivity contribution in [2.75, 3.05) is 12.8 Å². The fourth-order valence-corrected chi connectivity index (χ4v) is 3.12. The van der Waals surface area contributed by atoms with Gasteiger partial charge in [-0.25, -0.2) is 12.7 Å². The van der Waals surface area contributed by atoms with Crippen molar-refractivity contribution in [3.63, 3.8) is 0 Å². The van der Waals surface area contributed by atoms with Crippen LogP contribution in [0.4, 0.5) is 5.69 Å². The van der Waals surface area contributed by atoms with Gasteiger partial charge in [0, 0.05) is 19.3 Å². The highest BCUT2D eigenvalue weighted by Crippen LogP contribution is 2.14. The monoisotopic (exact) mass is 290 g/mol. The molecule has 2 N–H and O–H groups in total. The van der Waals surface area contributed by atoms with Crippen LogP contribution in [0.15, 0.2) is 54.6 Å². The SMILES string of the molecule is CN(Cc1cccc(N)c1)S(=O)(=O)Cc1ccccc1. The lowest BCUT2D eigenvalue weighted by Gasteiger charge is -2.17. The Morgan fingerprint density at radius 1 is 1.00 bits per heavy atom. The molecule has 0 aliphatic rings. The molecular formula is C15H18N2O2S. The fourth-order valence-electron chi connectivity index (χ4n) is 1.94. The van der Waals surface area contributed by atoms with Gasteiger partial charge in [-0.3, -0.25) is 0 Å². The van der Waals surface area contributed by atoms with Crippen LogP contribution in [0.5, 0.6) is 0 Å². The molecule has 2 aromatic carbocycles. The lowest BCUT2D eigenvalue weighted by molar-refractivity contribution is 0.466. The zero-order chi connectivity index (χ0) is 14.6. The molecule has 0 unspecified atom stereocenters. The molecule has 2 aromatic rings. The number of rotatable bonds is 5. The molecule has 0 heterocycles. The quantitative estimate of drug-likeness (QED) is 0.859. The number of anilines is 1. The first-order valence-electron chi connectivity index (χ1n) is 6.30. The standard InChI is InChI=1S/C15H18N2O2S/c1-17(11-14-8-5-9-15(16)10-14)20(18,19)12-13-6-3-2-4-7-13/h2-10H,11-12,16H2,1H3. The van der Waals surface area contributed by atoms with Gasteiger partial charge in [0.1, 0.15) is 0 Å². The summed E-state index contributed by atoms with van der Waals surface area (Å²) in [6.07, 6.45) is 0.